The molecule has 32 heavy (non-hydrogen) atoms. The van der Waals surface area contributed by atoms with Crippen molar-refractivity contribution < 1.29 is 14.3 Å². The van der Waals surface area contributed by atoms with E-state index in [0.29, 0.717) is 30.3 Å². The van der Waals surface area contributed by atoms with Gasteiger partial charge in [-0.05, 0) is 60.7 Å². The van der Waals surface area contributed by atoms with Crippen LogP contribution in [0, 0.1) is 5.41 Å². The number of hydrogen-bond acceptors (Lipinski definition) is 3. The van der Waals surface area contributed by atoms with Crippen molar-refractivity contribution in [2.24, 2.45) is 5.41 Å². The van der Waals surface area contributed by atoms with Crippen LogP contribution in [0.5, 0.6) is 5.75 Å². The molecule has 6 heteroatoms. The molecule has 4 rings (SSSR count). The lowest BCUT2D eigenvalue weighted by atomic mass is 9.89. The third-order valence-corrected chi connectivity index (χ3v) is 6.19. The molecule has 0 radical (unpaired) electrons. The zero-order valence-corrected chi connectivity index (χ0v) is 19.2. The van der Waals surface area contributed by atoms with Gasteiger partial charge in [0.15, 0.2) is 0 Å². The van der Waals surface area contributed by atoms with Gasteiger partial charge in [0.1, 0.15) is 5.75 Å². The second kappa shape index (κ2) is 8.69. The van der Waals surface area contributed by atoms with Gasteiger partial charge < -0.3 is 19.9 Å². The number of carbonyl (C=O) groups is 2. The van der Waals surface area contributed by atoms with E-state index >= 15 is 0 Å². The topological polar surface area (TPSA) is 74.4 Å². The maximum atomic E-state index is 13.1. The van der Waals surface area contributed by atoms with Crippen LogP contribution in [0.4, 0.5) is 5.69 Å². The summed E-state index contributed by atoms with van der Waals surface area (Å²) in [5, 5.41) is 4.10. The summed E-state index contributed by atoms with van der Waals surface area (Å²) in [6, 6.07) is 13.3. The minimum Gasteiger partial charge on any atom is -0.497 e. The number of piperidine rings is 1. The number of likely N-dealkylation sites (tertiary alicyclic amines) is 1. The number of nitrogens with one attached hydrogen (secondary N) is 2. The summed E-state index contributed by atoms with van der Waals surface area (Å²) in [7, 11) is 1.68. The van der Waals surface area contributed by atoms with Crippen LogP contribution >= 0.6 is 0 Å². The number of anilines is 1. The van der Waals surface area contributed by atoms with Crippen molar-refractivity contribution in [1.82, 2.24) is 9.88 Å². The van der Waals surface area contributed by atoms with Gasteiger partial charge in [-0.25, -0.2) is 0 Å². The number of nitrogens with zero attached hydrogens (tertiary/aromatic N) is 1. The predicted molar refractivity (Wildman–Crippen MR) is 127 cm³/mol. The van der Waals surface area contributed by atoms with Crippen molar-refractivity contribution in [2.45, 2.75) is 39.5 Å². The Balaban J connectivity index is 1.43. The number of aromatic nitrogens is 1. The Morgan fingerprint density at radius 1 is 1.09 bits per heavy atom. The van der Waals surface area contributed by atoms with E-state index in [1.54, 1.807) is 13.2 Å². The second-order valence-corrected chi connectivity index (χ2v) is 9.51. The van der Waals surface area contributed by atoms with Crippen molar-refractivity contribution in [2.75, 3.05) is 25.5 Å². The summed E-state index contributed by atoms with van der Waals surface area (Å²) in [4.78, 5) is 30.7. The largest absolute Gasteiger partial charge is 0.497 e. The number of fused-ring (bicyclic) bond motifs is 1. The number of rotatable bonds is 4. The average molecular weight is 434 g/mol. The molecule has 1 fully saturated rings. The van der Waals surface area contributed by atoms with Crippen molar-refractivity contribution in [1.29, 1.82) is 0 Å². The molecule has 1 aliphatic heterocycles. The lowest BCUT2D eigenvalue weighted by Crippen LogP contribution is -2.38. The number of benzene rings is 2. The van der Waals surface area contributed by atoms with E-state index in [9.17, 15) is 9.59 Å². The monoisotopic (exact) mass is 433 g/mol. The van der Waals surface area contributed by atoms with Crippen LogP contribution in [0.1, 0.15) is 55.5 Å². The minimum atomic E-state index is -0.492. The van der Waals surface area contributed by atoms with Gasteiger partial charge >= 0.3 is 0 Å². The van der Waals surface area contributed by atoms with E-state index in [2.05, 4.69) is 22.6 Å². The Kier molecular flexibility index (Phi) is 5.96. The molecule has 6 nitrogen and oxygen atoms in total. The van der Waals surface area contributed by atoms with Crippen LogP contribution in [0.25, 0.3) is 10.9 Å². The number of amides is 2. The van der Waals surface area contributed by atoms with Crippen LogP contribution in [-0.2, 0) is 4.79 Å². The SMILES string of the molecule is COc1ccc2[nH]cc(C3CCN(C(=O)c4cccc(NC(=O)C(C)(C)C)c4)CC3)c2c1. The molecule has 2 heterocycles. The Hall–Kier alpha value is -3.28. The first-order chi connectivity index (χ1) is 15.3. The fourth-order valence-corrected chi connectivity index (χ4v) is 4.21. The van der Waals surface area contributed by atoms with Crippen molar-refractivity contribution >= 4 is 28.4 Å². The van der Waals surface area contributed by atoms with E-state index in [0.717, 1.165) is 24.1 Å². The maximum Gasteiger partial charge on any atom is 0.253 e. The van der Waals surface area contributed by atoms with Gasteiger partial charge in [-0.3, -0.25) is 9.59 Å². The van der Waals surface area contributed by atoms with E-state index in [1.165, 1.54) is 10.9 Å². The fraction of sp³-hybridized carbons (Fsp3) is 0.385. The molecule has 0 bridgehead atoms. The van der Waals surface area contributed by atoms with Crippen molar-refractivity contribution in [3.05, 3.63) is 59.8 Å². The molecule has 0 atom stereocenters. The molecule has 168 valence electrons. The van der Waals surface area contributed by atoms with Gasteiger partial charge in [-0.1, -0.05) is 26.8 Å². The van der Waals surface area contributed by atoms with Crippen LogP contribution in [-0.4, -0.2) is 41.9 Å². The molecule has 2 aromatic carbocycles. The number of carbonyl (C=O) groups excluding carboxylic acids is 2. The Morgan fingerprint density at radius 2 is 1.84 bits per heavy atom. The minimum absolute atomic E-state index is 0.0101. The first-order valence-electron chi connectivity index (χ1n) is 11.1. The number of hydrogen-bond donors (Lipinski definition) is 2. The van der Waals surface area contributed by atoms with E-state index in [4.69, 9.17) is 4.74 Å². The quantitative estimate of drug-likeness (QED) is 0.595. The van der Waals surface area contributed by atoms with Gasteiger partial charge in [0, 0.05) is 46.9 Å². The molecule has 2 N–H and O–H groups in total. The highest BCUT2D eigenvalue weighted by Crippen LogP contribution is 2.35. The Bertz CT molecular complexity index is 1130. The third-order valence-electron chi connectivity index (χ3n) is 6.19. The Morgan fingerprint density at radius 3 is 2.53 bits per heavy atom. The highest BCUT2D eigenvalue weighted by molar-refractivity contribution is 5.98. The zero-order chi connectivity index (χ0) is 22.9. The Labute approximate surface area is 188 Å². The molecular weight excluding hydrogens is 402 g/mol. The molecule has 2 amide bonds. The summed E-state index contributed by atoms with van der Waals surface area (Å²) in [5.41, 5.74) is 3.16. The summed E-state index contributed by atoms with van der Waals surface area (Å²) in [5.74, 6) is 1.19. The van der Waals surface area contributed by atoms with Gasteiger partial charge in [0.05, 0.1) is 7.11 Å². The molecule has 1 aromatic heterocycles. The lowest BCUT2D eigenvalue weighted by Gasteiger charge is -2.32. The van der Waals surface area contributed by atoms with Crippen molar-refractivity contribution in [3.63, 3.8) is 0 Å². The standard InChI is InChI=1S/C26H31N3O3/c1-26(2,3)25(31)28-19-7-5-6-18(14-19)24(30)29-12-10-17(11-13-29)22-16-27-23-9-8-20(32-4)15-21(22)23/h5-9,14-17,27H,10-13H2,1-4H3,(H,28,31). The van der Waals surface area contributed by atoms with Crippen LogP contribution in [0.15, 0.2) is 48.7 Å². The summed E-state index contributed by atoms with van der Waals surface area (Å²) in [6.45, 7) is 7.01. The highest BCUT2D eigenvalue weighted by atomic mass is 16.5. The molecule has 0 unspecified atom stereocenters. The predicted octanol–water partition coefficient (Wildman–Crippen LogP) is 5.18. The van der Waals surface area contributed by atoms with E-state index < -0.39 is 5.41 Å². The number of aromatic amines is 1. The third kappa shape index (κ3) is 4.49. The molecule has 0 aliphatic carbocycles. The van der Waals surface area contributed by atoms with E-state index in [1.807, 2.05) is 56.0 Å². The van der Waals surface area contributed by atoms with Crippen LogP contribution in [0.3, 0.4) is 0 Å². The number of methoxy groups -OCH3 is 1. The van der Waals surface area contributed by atoms with Gasteiger partial charge in [0.25, 0.3) is 5.91 Å². The molecule has 1 aliphatic rings. The van der Waals surface area contributed by atoms with Gasteiger partial charge in [-0.2, -0.15) is 0 Å². The molecule has 0 saturated carbocycles. The van der Waals surface area contributed by atoms with Gasteiger partial charge in [-0.15, -0.1) is 0 Å². The summed E-state index contributed by atoms with van der Waals surface area (Å²) < 4.78 is 5.39. The number of ether oxygens (including phenoxy) is 1. The average Bonchev–Trinajstić information content (AvgIpc) is 3.21. The molecule has 0 spiro atoms. The first-order valence-corrected chi connectivity index (χ1v) is 11.1. The summed E-state index contributed by atoms with van der Waals surface area (Å²) in [6.07, 6.45) is 3.92. The molecular formula is C26H31N3O3. The van der Waals surface area contributed by atoms with Crippen molar-refractivity contribution in [3.8, 4) is 5.75 Å². The highest BCUT2D eigenvalue weighted by Gasteiger charge is 2.27. The normalized spacial score (nSPS) is 15.1. The van der Waals surface area contributed by atoms with Gasteiger partial charge in [0.2, 0.25) is 5.91 Å². The lowest BCUT2D eigenvalue weighted by molar-refractivity contribution is -0.123. The number of H-pyrrole nitrogens is 1. The maximum absolute atomic E-state index is 13.1. The first kappa shape index (κ1) is 21.9. The molecule has 1 saturated heterocycles. The van der Waals surface area contributed by atoms with Crippen LogP contribution in [0.2, 0.25) is 0 Å². The smallest absolute Gasteiger partial charge is 0.253 e. The second-order valence-electron chi connectivity index (χ2n) is 9.51. The summed E-state index contributed by atoms with van der Waals surface area (Å²) >= 11 is 0. The van der Waals surface area contributed by atoms with E-state index in [-0.39, 0.29) is 11.8 Å². The van der Waals surface area contributed by atoms with Crippen LogP contribution < -0.4 is 10.1 Å². The zero-order valence-electron chi connectivity index (χ0n) is 19.2. The molecule has 3 aromatic rings. The fourth-order valence-electron chi connectivity index (χ4n) is 4.21.